The van der Waals surface area contributed by atoms with E-state index in [1.165, 1.54) is 13.2 Å². The molecule has 2 atom stereocenters. The molecule has 1 N–H and O–H groups in total. The van der Waals surface area contributed by atoms with Gasteiger partial charge in [0, 0.05) is 25.2 Å². The number of methoxy groups -OCH3 is 1. The number of hydrogen-bond donors (Lipinski definition) is 1. The van der Waals surface area contributed by atoms with Crippen molar-refractivity contribution in [2.75, 3.05) is 40.0 Å². The number of benzene rings is 1. The molecule has 0 radical (unpaired) electrons. The van der Waals surface area contributed by atoms with Gasteiger partial charge in [0.25, 0.3) is 0 Å². The van der Waals surface area contributed by atoms with Gasteiger partial charge in [-0.15, -0.1) is 0 Å². The van der Waals surface area contributed by atoms with E-state index in [4.69, 9.17) is 9.47 Å². The van der Waals surface area contributed by atoms with Crippen molar-refractivity contribution in [2.45, 2.75) is 19.1 Å². The first kappa shape index (κ1) is 18.4. The lowest BCUT2D eigenvalue weighted by atomic mass is 10.2. The van der Waals surface area contributed by atoms with Gasteiger partial charge in [-0.1, -0.05) is 12.1 Å². The van der Waals surface area contributed by atoms with Crippen LogP contribution in [0.15, 0.2) is 30.3 Å². The second kappa shape index (κ2) is 9.42. The third-order valence-corrected chi connectivity index (χ3v) is 3.98. The van der Waals surface area contributed by atoms with Gasteiger partial charge in [-0.25, -0.2) is 4.79 Å². The van der Waals surface area contributed by atoms with E-state index in [1.54, 1.807) is 6.08 Å². The molecule has 1 aliphatic heterocycles. The summed E-state index contributed by atoms with van der Waals surface area (Å²) in [6.45, 7) is 4.86. The second-order valence-corrected chi connectivity index (χ2v) is 5.76. The van der Waals surface area contributed by atoms with Crippen molar-refractivity contribution in [3.63, 3.8) is 0 Å². The summed E-state index contributed by atoms with van der Waals surface area (Å²) < 4.78 is 15.8. The molecule has 0 saturated carbocycles. The highest BCUT2D eigenvalue weighted by Gasteiger charge is 2.25. The number of nitrogens with zero attached hydrogens (tertiary/aromatic N) is 1. The van der Waals surface area contributed by atoms with E-state index in [0.29, 0.717) is 19.3 Å². The van der Waals surface area contributed by atoms with Gasteiger partial charge >= 0.3 is 5.97 Å². The van der Waals surface area contributed by atoms with Crippen molar-refractivity contribution >= 4 is 12.0 Å². The average molecular weight is 335 g/mol. The highest BCUT2D eigenvalue weighted by molar-refractivity contribution is 5.86. The minimum absolute atomic E-state index is 0.0463. The largest absolute Gasteiger partial charge is 0.492 e. The Labute approximate surface area is 142 Å². The first-order valence-electron chi connectivity index (χ1n) is 8.07. The Kier molecular flexibility index (Phi) is 7.24. The predicted octanol–water partition coefficient (Wildman–Crippen LogP) is 1.33. The third kappa shape index (κ3) is 5.63. The van der Waals surface area contributed by atoms with Gasteiger partial charge < -0.3 is 19.3 Å². The number of ether oxygens (including phenoxy) is 3. The molecule has 0 amide bonds. The molecule has 0 aliphatic carbocycles. The highest BCUT2D eigenvalue weighted by Crippen LogP contribution is 2.15. The molecule has 0 aromatic heterocycles. The number of morpholine rings is 1. The van der Waals surface area contributed by atoms with E-state index in [2.05, 4.69) is 16.6 Å². The molecule has 132 valence electrons. The fourth-order valence-electron chi connectivity index (χ4n) is 2.49. The van der Waals surface area contributed by atoms with Crippen LogP contribution in [0.2, 0.25) is 0 Å². The topological polar surface area (TPSA) is 68.2 Å². The third-order valence-electron chi connectivity index (χ3n) is 3.98. The van der Waals surface area contributed by atoms with Crippen LogP contribution in [-0.4, -0.2) is 68.1 Å². The van der Waals surface area contributed by atoms with Crippen LogP contribution in [-0.2, 0) is 14.3 Å². The molecule has 1 aromatic carbocycles. The smallest absolute Gasteiger partial charge is 0.330 e. The van der Waals surface area contributed by atoms with Gasteiger partial charge in [0.2, 0.25) is 0 Å². The number of carbonyl (C=O) groups is 1. The fraction of sp³-hybridized carbons (Fsp3) is 0.500. The van der Waals surface area contributed by atoms with Crippen molar-refractivity contribution in [1.29, 1.82) is 0 Å². The summed E-state index contributed by atoms with van der Waals surface area (Å²) in [4.78, 5) is 13.3. The van der Waals surface area contributed by atoms with Crippen molar-refractivity contribution in [2.24, 2.45) is 0 Å². The molecular weight excluding hydrogens is 310 g/mol. The zero-order valence-electron chi connectivity index (χ0n) is 14.2. The second-order valence-electron chi connectivity index (χ2n) is 5.76. The van der Waals surface area contributed by atoms with E-state index in [-0.39, 0.29) is 18.7 Å². The quantitative estimate of drug-likeness (QED) is 0.599. The van der Waals surface area contributed by atoms with Crippen LogP contribution in [0.25, 0.3) is 6.08 Å². The molecular formula is C18H25NO5. The SMILES string of the molecule is COC(=O)/C=C/c1ccc(OCCN2CC(CO)OCC2C)cc1. The molecule has 6 heteroatoms. The number of esters is 1. The van der Waals surface area contributed by atoms with Gasteiger partial charge in [0.05, 0.1) is 26.4 Å². The Hall–Kier alpha value is -1.89. The Bertz CT molecular complexity index is 543. The summed E-state index contributed by atoms with van der Waals surface area (Å²) in [6, 6.07) is 7.83. The summed E-state index contributed by atoms with van der Waals surface area (Å²) in [5.41, 5.74) is 0.903. The van der Waals surface area contributed by atoms with E-state index < -0.39 is 0 Å². The van der Waals surface area contributed by atoms with Crippen LogP contribution in [0.4, 0.5) is 0 Å². The maximum atomic E-state index is 11.1. The number of carbonyl (C=O) groups excluding carboxylic acids is 1. The predicted molar refractivity (Wildman–Crippen MR) is 90.8 cm³/mol. The van der Waals surface area contributed by atoms with Crippen molar-refractivity contribution in [3.8, 4) is 5.75 Å². The normalized spacial score (nSPS) is 21.8. The molecule has 1 fully saturated rings. The van der Waals surface area contributed by atoms with Crippen LogP contribution in [0.3, 0.4) is 0 Å². The molecule has 1 saturated heterocycles. The zero-order chi connectivity index (χ0) is 17.4. The van der Waals surface area contributed by atoms with E-state index in [0.717, 1.165) is 24.4 Å². The fourth-order valence-corrected chi connectivity index (χ4v) is 2.49. The van der Waals surface area contributed by atoms with Gasteiger partial charge in [0.1, 0.15) is 12.4 Å². The van der Waals surface area contributed by atoms with Crippen molar-refractivity contribution in [3.05, 3.63) is 35.9 Å². The van der Waals surface area contributed by atoms with Gasteiger partial charge in [0.15, 0.2) is 0 Å². The Morgan fingerprint density at radius 1 is 1.42 bits per heavy atom. The van der Waals surface area contributed by atoms with Crippen LogP contribution >= 0.6 is 0 Å². The maximum Gasteiger partial charge on any atom is 0.330 e. The van der Waals surface area contributed by atoms with Crippen LogP contribution in [0.1, 0.15) is 12.5 Å². The Balaban J connectivity index is 1.78. The molecule has 6 nitrogen and oxygen atoms in total. The van der Waals surface area contributed by atoms with Crippen LogP contribution in [0, 0.1) is 0 Å². The van der Waals surface area contributed by atoms with Crippen LogP contribution < -0.4 is 4.74 Å². The summed E-state index contributed by atoms with van der Waals surface area (Å²) in [5, 5.41) is 9.20. The molecule has 1 aliphatic rings. The summed E-state index contributed by atoms with van der Waals surface area (Å²) in [7, 11) is 1.35. The first-order valence-corrected chi connectivity index (χ1v) is 8.07. The van der Waals surface area contributed by atoms with E-state index >= 15 is 0 Å². The molecule has 24 heavy (non-hydrogen) atoms. The maximum absolute atomic E-state index is 11.1. The molecule has 2 rings (SSSR count). The zero-order valence-corrected chi connectivity index (χ0v) is 14.2. The number of hydrogen-bond acceptors (Lipinski definition) is 6. The molecule has 2 unspecified atom stereocenters. The molecule has 1 aromatic rings. The minimum Gasteiger partial charge on any atom is -0.492 e. The molecule has 0 spiro atoms. The summed E-state index contributed by atoms with van der Waals surface area (Å²) in [5.74, 6) is 0.404. The Morgan fingerprint density at radius 2 is 2.17 bits per heavy atom. The van der Waals surface area contributed by atoms with Gasteiger partial charge in [-0.2, -0.15) is 0 Å². The van der Waals surface area contributed by atoms with E-state index in [9.17, 15) is 9.90 Å². The van der Waals surface area contributed by atoms with E-state index in [1.807, 2.05) is 24.3 Å². The Morgan fingerprint density at radius 3 is 2.83 bits per heavy atom. The lowest BCUT2D eigenvalue weighted by Crippen LogP contribution is -2.50. The lowest BCUT2D eigenvalue weighted by Gasteiger charge is -2.37. The van der Waals surface area contributed by atoms with Crippen molar-refractivity contribution < 1.29 is 24.1 Å². The number of aliphatic hydroxyl groups is 1. The average Bonchev–Trinajstić information content (AvgIpc) is 2.62. The highest BCUT2D eigenvalue weighted by atomic mass is 16.5. The standard InChI is InChI=1S/C18H25NO5/c1-14-13-24-17(12-20)11-19(14)9-10-23-16-6-3-15(4-7-16)5-8-18(21)22-2/h3-8,14,17,20H,9-13H2,1-2H3/b8-5+. The summed E-state index contributed by atoms with van der Waals surface area (Å²) >= 11 is 0. The first-order chi connectivity index (χ1) is 11.6. The molecule has 0 bridgehead atoms. The van der Waals surface area contributed by atoms with Crippen molar-refractivity contribution in [1.82, 2.24) is 4.90 Å². The lowest BCUT2D eigenvalue weighted by molar-refractivity contribution is -0.134. The van der Waals surface area contributed by atoms with Gasteiger partial charge in [-0.05, 0) is 30.7 Å². The van der Waals surface area contributed by atoms with Gasteiger partial charge in [-0.3, -0.25) is 4.90 Å². The number of rotatable bonds is 7. The summed E-state index contributed by atoms with van der Waals surface area (Å²) in [6.07, 6.45) is 2.97. The van der Waals surface area contributed by atoms with Crippen LogP contribution in [0.5, 0.6) is 5.75 Å². The minimum atomic E-state index is -0.379. The monoisotopic (exact) mass is 335 g/mol. The number of aliphatic hydroxyl groups excluding tert-OH is 1. The molecule has 1 heterocycles.